The number of rotatable bonds is 19. The summed E-state index contributed by atoms with van der Waals surface area (Å²) in [6.45, 7) is 4.29. The average molecular weight is 1200 g/mol. The predicted octanol–water partition coefficient (Wildman–Crippen LogP) is 23.1. The summed E-state index contributed by atoms with van der Waals surface area (Å²) >= 11 is 0. The van der Waals surface area contributed by atoms with Crippen molar-refractivity contribution in [2.24, 2.45) is 0 Å². The molecule has 0 bridgehead atoms. The highest BCUT2D eigenvalue weighted by Gasteiger charge is 2.24. The number of terminal acetylenes is 1. The third-order valence-corrected chi connectivity index (χ3v) is 15.8. The van der Waals surface area contributed by atoms with Crippen LogP contribution in [0.2, 0.25) is 0 Å². The summed E-state index contributed by atoms with van der Waals surface area (Å²) in [6, 6.07) is 112. The van der Waals surface area contributed by atoms with Crippen molar-refractivity contribution in [2.45, 2.75) is 13.8 Å². The number of anilines is 9. The summed E-state index contributed by atoms with van der Waals surface area (Å²) in [5, 5.41) is 0. The molecule has 0 aromatic heterocycles. The molecule has 0 aliphatic carbocycles. The van der Waals surface area contributed by atoms with E-state index < -0.39 is 0 Å². The normalized spacial score (nSPS) is 10.5. The van der Waals surface area contributed by atoms with Crippen LogP contribution >= 0.6 is 0 Å². The van der Waals surface area contributed by atoms with Gasteiger partial charge in [-0.3, -0.25) is 0 Å². The van der Waals surface area contributed by atoms with E-state index in [9.17, 15) is 0 Å². The molecule has 0 amide bonds. The maximum atomic E-state index is 6.63. The molecule has 0 saturated heterocycles. The van der Waals surface area contributed by atoms with Gasteiger partial charge in [0.2, 0.25) is 0 Å². The molecule has 0 aliphatic rings. The van der Waals surface area contributed by atoms with E-state index in [0.29, 0.717) is 17.2 Å². The van der Waals surface area contributed by atoms with Gasteiger partial charge < -0.3 is 33.6 Å². The molecule has 0 unspecified atom stereocenters. The van der Waals surface area contributed by atoms with Gasteiger partial charge >= 0.3 is 0 Å². The lowest BCUT2D eigenvalue weighted by Crippen LogP contribution is -2.12. The number of benzene rings is 13. The van der Waals surface area contributed by atoms with Gasteiger partial charge in [0, 0.05) is 40.3 Å². The zero-order chi connectivity index (χ0) is 63.1. The molecule has 0 spiro atoms. The Kier molecular flexibility index (Phi) is 17.9. The van der Waals surface area contributed by atoms with Crippen LogP contribution in [0.25, 0.3) is 33.4 Å². The lowest BCUT2D eigenvalue weighted by molar-refractivity contribution is 0.483. The molecule has 13 rings (SSSR count). The lowest BCUT2D eigenvalue weighted by Gasteiger charge is -2.29. The molecule has 0 saturated carbocycles. The first-order valence-corrected chi connectivity index (χ1v) is 30.6. The molecule has 0 N–H and O–H groups in total. The first kappa shape index (κ1) is 59.1. The number of para-hydroxylation sites is 13. The Hall–Kier alpha value is -12.9. The van der Waals surface area contributed by atoms with Crippen molar-refractivity contribution in [3.05, 3.63) is 339 Å². The second kappa shape index (κ2) is 28.1. The van der Waals surface area contributed by atoms with E-state index in [4.69, 9.17) is 25.4 Å². The summed E-state index contributed by atoms with van der Waals surface area (Å²) < 4.78 is 26.0. The molecule has 444 valence electrons. The summed E-state index contributed by atoms with van der Waals surface area (Å²) in [4.78, 5) is 6.67. The Morgan fingerprint density at radius 2 is 0.538 bits per heavy atom. The van der Waals surface area contributed by atoms with Crippen molar-refractivity contribution in [2.75, 3.05) is 14.7 Å². The van der Waals surface area contributed by atoms with Gasteiger partial charge in [0.05, 0.1) is 22.7 Å². The molecule has 0 heterocycles. The topological polar surface area (TPSA) is 46.6 Å². The quantitative estimate of drug-likeness (QED) is 0.0748. The summed E-state index contributed by atoms with van der Waals surface area (Å²) in [6.07, 6.45) is 8.12. The van der Waals surface area contributed by atoms with E-state index in [0.717, 1.165) is 119 Å². The van der Waals surface area contributed by atoms with Crippen LogP contribution in [0.4, 0.5) is 51.2 Å². The molecule has 0 atom stereocenters. The van der Waals surface area contributed by atoms with Gasteiger partial charge in [0.1, 0.15) is 23.4 Å². The van der Waals surface area contributed by atoms with Crippen molar-refractivity contribution < 1.29 is 18.9 Å². The van der Waals surface area contributed by atoms with Crippen LogP contribution in [0.5, 0.6) is 40.2 Å². The van der Waals surface area contributed by atoms with Crippen LogP contribution < -0.4 is 33.6 Å². The molecule has 0 fully saturated rings. The third kappa shape index (κ3) is 13.6. The molecule has 93 heavy (non-hydrogen) atoms. The zero-order valence-electron chi connectivity index (χ0n) is 51.2. The van der Waals surface area contributed by atoms with E-state index >= 15 is 0 Å². The first-order valence-electron chi connectivity index (χ1n) is 30.6. The molecule has 7 heteroatoms. The fraction of sp³-hybridized carbons (Fsp3) is 0.0233. The van der Waals surface area contributed by atoms with Gasteiger partial charge in [0.25, 0.3) is 0 Å². The summed E-state index contributed by atoms with van der Waals surface area (Å²) in [7, 11) is 0. The van der Waals surface area contributed by atoms with Gasteiger partial charge in [-0.1, -0.05) is 176 Å². The Balaban J connectivity index is 0.927. The van der Waals surface area contributed by atoms with E-state index in [1.807, 2.05) is 164 Å². The van der Waals surface area contributed by atoms with Crippen LogP contribution in [0.3, 0.4) is 0 Å². The van der Waals surface area contributed by atoms with Crippen molar-refractivity contribution in [1.82, 2.24) is 0 Å². The summed E-state index contributed by atoms with van der Waals surface area (Å²) in [5.41, 5.74) is 16.7. The first-order chi connectivity index (χ1) is 45.9. The van der Waals surface area contributed by atoms with E-state index in [1.54, 1.807) is 0 Å². The fourth-order valence-corrected chi connectivity index (χ4v) is 11.3. The van der Waals surface area contributed by atoms with Gasteiger partial charge in [0.15, 0.2) is 23.0 Å². The predicted molar refractivity (Wildman–Crippen MR) is 381 cm³/mol. The van der Waals surface area contributed by atoms with E-state index in [2.05, 4.69) is 222 Å². The van der Waals surface area contributed by atoms with E-state index in [1.165, 1.54) is 0 Å². The largest absolute Gasteiger partial charge is 0.455 e. The zero-order valence-corrected chi connectivity index (χ0v) is 51.2. The van der Waals surface area contributed by atoms with Crippen LogP contribution in [0.1, 0.15) is 11.1 Å². The number of nitrogens with zero attached hydrogens (tertiary/aromatic N) is 3. The molecular formula is C86H61N3O4. The molecule has 13 aromatic carbocycles. The monoisotopic (exact) mass is 1200 g/mol. The maximum absolute atomic E-state index is 6.63. The number of ether oxygens (including phenoxy) is 4. The number of aryl methyl sites for hydroxylation is 2. The standard InChI is InChI=1S/C86H61N3O4/c1-4-5-6-28-59-90-83-43-24-20-39-79(83)89(82-42-23-27-46-86(82)93-76-35-14-9-15-36-76)73-57-51-67(52-58-73)70-61-68(65-47-53-71(54-48-65)87(77-37-18-16-29-63(77)2)80-40-21-25-44-84(80)91-74-31-10-7-11-32-74)60-69(62-70)66-49-55-72(56-50-66)88(78-38-19-17-30-64(78)3)81-41-22-26-45-85(81)92-75-33-12-8-13-34-75/h1,7-27,29-58,60-62H,2-3H3. The molecule has 0 radical (unpaired) electrons. The Morgan fingerprint density at radius 1 is 0.258 bits per heavy atom. The van der Waals surface area contributed by atoms with Crippen LogP contribution in [0.15, 0.2) is 328 Å². The Morgan fingerprint density at radius 3 is 0.871 bits per heavy atom. The maximum Gasteiger partial charge on any atom is 0.164 e. The summed E-state index contributed by atoms with van der Waals surface area (Å²) in [5.74, 6) is 15.0. The Bertz CT molecular complexity index is 4710. The minimum absolute atomic E-state index is 0.513. The van der Waals surface area contributed by atoms with Crippen molar-refractivity contribution >= 4 is 51.2 Å². The van der Waals surface area contributed by atoms with Crippen LogP contribution in [-0.4, -0.2) is 0 Å². The third-order valence-electron chi connectivity index (χ3n) is 15.8. The second-order valence-electron chi connectivity index (χ2n) is 21.9. The second-order valence-corrected chi connectivity index (χ2v) is 21.9. The minimum Gasteiger partial charge on any atom is -0.455 e. The highest BCUT2D eigenvalue weighted by atomic mass is 16.5. The lowest BCUT2D eigenvalue weighted by atomic mass is 9.93. The van der Waals surface area contributed by atoms with Crippen molar-refractivity contribution in [3.63, 3.8) is 0 Å². The van der Waals surface area contributed by atoms with Gasteiger partial charge in [-0.15, -0.1) is 6.42 Å². The van der Waals surface area contributed by atoms with Crippen LogP contribution in [0, 0.1) is 50.1 Å². The number of hydrogen-bond donors (Lipinski definition) is 0. The van der Waals surface area contributed by atoms with E-state index in [-0.39, 0.29) is 0 Å². The molecule has 7 nitrogen and oxygen atoms in total. The average Bonchev–Trinajstić information content (AvgIpc) is 0.884. The SMILES string of the molecule is C#CC#CC#COc1ccccc1N(c1ccc(-c2cc(-c3ccc(N(c4ccccc4C)c4ccccc4Oc4ccccc4)cc3)cc(-c3ccc(N(c4ccccc4C)c4ccccc4Oc4ccccc4)cc3)c2)cc1)c1ccccc1Oc1ccccc1. The fourth-order valence-electron chi connectivity index (χ4n) is 11.3. The minimum atomic E-state index is 0.513. The Labute approximate surface area is 544 Å². The van der Waals surface area contributed by atoms with Crippen molar-refractivity contribution in [1.29, 1.82) is 0 Å². The molecule has 0 aliphatic heterocycles. The highest BCUT2D eigenvalue weighted by Crippen LogP contribution is 2.48. The van der Waals surface area contributed by atoms with Gasteiger partial charge in [-0.05, 0) is 222 Å². The van der Waals surface area contributed by atoms with Crippen LogP contribution in [-0.2, 0) is 0 Å². The van der Waals surface area contributed by atoms with Gasteiger partial charge in [-0.2, -0.15) is 0 Å². The van der Waals surface area contributed by atoms with Gasteiger partial charge in [-0.25, -0.2) is 0 Å². The highest BCUT2D eigenvalue weighted by molar-refractivity contribution is 5.89. The number of hydrogen-bond acceptors (Lipinski definition) is 7. The molecular weight excluding hydrogens is 1140 g/mol. The van der Waals surface area contributed by atoms with Crippen molar-refractivity contribution in [3.8, 4) is 110 Å². The smallest absolute Gasteiger partial charge is 0.164 e. The molecule has 13 aromatic rings.